The Morgan fingerprint density at radius 3 is 1.98 bits per heavy atom. The lowest BCUT2D eigenvalue weighted by Gasteiger charge is -2.40. The Hall–Kier alpha value is -3.03. The highest BCUT2D eigenvalue weighted by molar-refractivity contribution is 6.01. The van der Waals surface area contributed by atoms with Crippen LogP contribution in [0.3, 0.4) is 0 Å². The van der Waals surface area contributed by atoms with Crippen LogP contribution >= 0.6 is 0 Å². The Balaban J connectivity index is 1.28. The van der Waals surface area contributed by atoms with Crippen molar-refractivity contribution in [3.63, 3.8) is 0 Å². The van der Waals surface area contributed by atoms with Gasteiger partial charge < -0.3 is 14.2 Å². The number of carbonyl (C=O) groups is 5. The first kappa shape index (κ1) is 31.9. The predicted octanol–water partition coefficient (Wildman–Crippen LogP) is 6.61. The largest absolute Gasteiger partial charge is 0.465 e. The SMILES string of the molecule is CCCCCCCCCCCCCCCC(=O)OCC1C2C(=O)OC(=O)C2c2cc(C)ccc2C1C1CC(=O)OC1=O. The summed E-state index contributed by atoms with van der Waals surface area (Å²) in [6.07, 6.45) is 15.9. The van der Waals surface area contributed by atoms with E-state index in [1.165, 1.54) is 64.2 Å². The van der Waals surface area contributed by atoms with Crippen LogP contribution < -0.4 is 0 Å². The van der Waals surface area contributed by atoms with Crippen molar-refractivity contribution < 1.29 is 38.2 Å². The minimum atomic E-state index is -0.899. The van der Waals surface area contributed by atoms with Gasteiger partial charge in [0.2, 0.25) is 0 Å². The van der Waals surface area contributed by atoms with Crippen molar-refractivity contribution >= 4 is 29.8 Å². The number of benzene rings is 1. The van der Waals surface area contributed by atoms with Gasteiger partial charge in [0, 0.05) is 18.3 Å². The minimum Gasteiger partial charge on any atom is -0.465 e. The number of aryl methyl sites for hydroxylation is 1. The molecule has 1 aromatic carbocycles. The van der Waals surface area contributed by atoms with Gasteiger partial charge >= 0.3 is 29.8 Å². The summed E-state index contributed by atoms with van der Waals surface area (Å²) in [6.45, 7) is 3.98. The van der Waals surface area contributed by atoms with E-state index in [9.17, 15) is 24.0 Å². The van der Waals surface area contributed by atoms with Crippen LogP contribution in [0.2, 0.25) is 0 Å². The van der Waals surface area contributed by atoms with Gasteiger partial charge in [-0.2, -0.15) is 0 Å². The van der Waals surface area contributed by atoms with Gasteiger partial charge in [0.1, 0.15) is 0 Å². The lowest BCUT2D eigenvalue weighted by Crippen LogP contribution is -2.42. The molecule has 0 N–H and O–H groups in total. The zero-order valence-corrected chi connectivity index (χ0v) is 25.2. The molecule has 42 heavy (non-hydrogen) atoms. The molecule has 4 rings (SSSR count). The Bertz CT molecular complexity index is 1140. The third kappa shape index (κ3) is 7.87. The quantitative estimate of drug-likeness (QED) is 0.0873. The summed E-state index contributed by atoms with van der Waals surface area (Å²) in [5.74, 6) is -6.84. The van der Waals surface area contributed by atoms with Gasteiger partial charge in [-0.05, 0) is 24.5 Å². The van der Waals surface area contributed by atoms with Crippen LogP contribution in [0.15, 0.2) is 18.2 Å². The van der Waals surface area contributed by atoms with Crippen molar-refractivity contribution in [3.05, 3.63) is 34.9 Å². The van der Waals surface area contributed by atoms with Crippen LogP contribution in [0.1, 0.15) is 132 Å². The van der Waals surface area contributed by atoms with Crippen LogP contribution in [0.25, 0.3) is 0 Å². The standard InChI is InChI=1S/C34H46O8/c1-3-4-5-6-7-8-9-10-11-12-13-14-15-16-27(35)40-21-26-29(25-20-28(36)41-32(25)37)23-18-17-22(2)19-24(23)30-31(26)34(39)42-33(30)38/h17-19,25-26,29-31H,3-16,20-21H2,1-2H3. The van der Waals surface area contributed by atoms with E-state index in [4.69, 9.17) is 14.2 Å². The number of unbranched alkanes of at least 4 members (excludes halogenated alkanes) is 12. The molecule has 1 aliphatic carbocycles. The summed E-state index contributed by atoms with van der Waals surface area (Å²) >= 11 is 0. The second-order valence-corrected chi connectivity index (χ2v) is 12.3. The van der Waals surface area contributed by atoms with Gasteiger partial charge in [0.25, 0.3) is 0 Å². The molecule has 0 bridgehead atoms. The van der Waals surface area contributed by atoms with Gasteiger partial charge in [-0.25, -0.2) is 0 Å². The van der Waals surface area contributed by atoms with E-state index >= 15 is 0 Å². The molecule has 3 aliphatic rings. The average molecular weight is 583 g/mol. The number of fused-ring (bicyclic) bond motifs is 3. The van der Waals surface area contributed by atoms with Crippen molar-refractivity contribution in [3.8, 4) is 0 Å². The van der Waals surface area contributed by atoms with Gasteiger partial charge in [0.05, 0.1) is 30.8 Å². The van der Waals surface area contributed by atoms with E-state index in [1.54, 1.807) is 0 Å². The molecule has 1 aromatic rings. The van der Waals surface area contributed by atoms with E-state index in [0.29, 0.717) is 11.1 Å². The van der Waals surface area contributed by atoms with Crippen LogP contribution in [-0.2, 0) is 38.2 Å². The van der Waals surface area contributed by atoms with E-state index in [0.717, 1.165) is 24.8 Å². The lowest BCUT2D eigenvalue weighted by atomic mass is 9.61. The van der Waals surface area contributed by atoms with Crippen LogP contribution in [-0.4, -0.2) is 36.5 Å². The molecule has 8 heteroatoms. The molecule has 2 heterocycles. The number of esters is 5. The fraction of sp³-hybridized carbons (Fsp3) is 0.676. The van der Waals surface area contributed by atoms with Crippen molar-refractivity contribution in [1.29, 1.82) is 0 Å². The van der Waals surface area contributed by atoms with Crippen molar-refractivity contribution in [2.45, 2.75) is 122 Å². The fourth-order valence-corrected chi connectivity index (χ4v) is 7.01. The molecule has 2 aliphatic heterocycles. The summed E-state index contributed by atoms with van der Waals surface area (Å²) in [5, 5.41) is 0. The molecular weight excluding hydrogens is 536 g/mol. The Labute approximate surface area is 249 Å². The van der Waals surface area contributed by atoms with Gasteiger partial charge in [-0.3, -0.25) is 24.0 Å². The number of ether oxygens (including phenoxy) is 3. The first-order valence-corrected chi connectivity index (χ1v) is 16.1. The highest BCUT2D eigenvalue weighted by atomic mass is 16.6. The molecule has 0 amide bonds. The highest BCUT2D eigenvalue weighted by Gasteiger charge is 2.59. The summed E-state index contributed by atoms with van der Waals surface area (Å²) in [4.78, 5) is 63.1. The number of rotatable bonds is 17. The first-order chi connectivity index (χ1) is 20.3. The third-order valence-electron chi connectivity index (χ3n) is 9.20. The zero-order valence-electron chi connectivity index (χ0n) is 25.2. The topological polar surface area (TPSA) is 113 Å². The van der Waals surface area contributed by atoms with Gasteiger partial charge in [0.15, 0.2) is 0 Å². The number of hydrogen-bond acceptors (Lipinski definition) is 8. The molecule has 8 nitrogen and oxygen atoms in total. The predicted molar refractivity (Wildman–Crippen MR) is 155 cm³/mol. The third-order valence-corrected chi connectivity index (χ3v) is 9.20. The molecular formula is C34H46O8. The Kier molecular flexibility index (Phi) is 11.7. The molecule has 5 atom stereocenters. The Morgan fingerprint density at radius 1 is 0.762 bits per heavy atom. The van der Waals surface area contributed by atoms with Crippen molar-refractivity contribution in [2.24, 2.45) is 17.8 Å². The molecule has 0 spiro atoms. The maximum Gasteiger partial charge on any atom is 0.321 e. The summed E-state index contributed by atoms with van der Waals surface area (Å²) in [6, 6.07) is 5.53. The molecule has 2 saturated heterocycles. The minimum absolute atomic E-state index is 0.124. The normalized spacial score (nSPS) is 24.8. The molecule has 5 unspecified atom stereocenters. The summed E-state index contributed by atoms with van der Waals surface area (Å²) in [5.41, 5.74) is 2.22. The van der Waals surface area contributed by atoms with Crippen molar-refractivity contribution in [1.82, 2.24) is 0 Å². The smallest absolute Gasteiger partial charge is 0.321 e. The maximum atomic E-state index is 12.9. The monoisotopic (exact) mass is 582 g/mol. The summed E-state index contributed by atoms with van der Waals surface area (Å²) in [7, 11) is 0. The van der Waals surface area contributed by atoms with E-state index in [1.807, 2.05) is 25.1 Å². The second-order valence-electron chi connectivity index (χ2n) is 12.3. The van der Waals surface area contributed by atoms with Gasteiger partial charge in [-0.1, -0.05) is 108 Å². The van der Waals surface area contributed by atoms with Gasteiger partial charge in [-0.15, -0.1) is 0 Å². The Morgan fingerprint density at radius 2 is 1.38 bits per heavy atom. The maximum absolute atomic E-state index is 12.9. The molecule has 0 aromatic heterocycles. The number of cyclic esters (lactones) is 4. The summed E-state index contributed by atoms with van der Waals surface area (Å²) < 4.78 is 15.6. The lowest BCUT2D eigenvalue weighted by molar-refractivity contribution is -0.157. The first-order valence-electron chi connectivity index (χ1n) is 16.1. The van der Waals surface area contributed by atoms with Crippen molar-refractivity contribution in [2.75, 3.05) is 6.61 Å². The van der Waals surface area contributed by atoms with Crippen LogP contribution in [0.4, 0.5) is 0 Å². The number of hydrogen-bond donors (Lipinski definition) is 0. The number of carbonyl (C=O) groups excluding carboxylic acids is 5. The molecule has 0 saturated carbocycles. The van der Waals surface area contributed by atoms with Crippen LogP contribution in [0, 0.1) is 24.7 Å². The average Bonchev–Trinajstić information content (AvgIpc) is 3.45. The van der Waals surface area contributed by atoms with Crippen LogP contribution in [0.5, 0.6) is 0 Å². The van der Waals surface area contributed by atoms with E-state index < -0.39 is 53.5 Å². The molecule has 2 fully saturated rings. The van der Waals surface area contributed by atoms with E-state index in [-0.39, 0.29) is 25.4 Å². The van der Waals surface area contributed by atoms with E-state index in [2.05, 4.69) is 6.92 Å². The second kappa shape index (κ2) is 15.4. The molecule has 230 valence electrons. The molecule has 0 radical (unpaired) electrons. The zero-order chi connectivity index (χ0) is 30.1. The highest BCUT2D eigenvalue weighted by Crippen LogP contribution is 2.54. The fourth-order valence-electron chi connectivity index (χ4n) is 7.01.